The van der Waals surface area contributed by atoms with Gasteiger partial charge in [0.2, 0.25) is 6.08 Å². The molecule has 0 saturated heterocycles. The standard InChI is InChI=1S/C10H10ClNO3/c11-5-9(14)10(15)7-1-3-8(4-2-7)12-6-13/h1-4,9-10,14-15H,5H2. The summed E-state index contributed by atoms with van der Waals surface area (Å²) in [4.78, 5) is 13.3. The van der Waals surface area contributed by atoms with Crippen molar-refractivity contribution in [3.8, 4) is 0 Å². The summed E-state index contributed by atoms with van der Waals surface area (Å²) in [5.74, 6) is -0.0462. The van der Waals surface area contributed by atoms with E-state index in [1.54, 1.807) is 24.3 Å². The third kappa shape index (κ3) is 3.15. The van der Waals surface area contributed by atoms with E-state index in [4.69, 9.17) is 11.6 Å². The van der Waals surface area contributed by atoms with Crippen LogP contribution >= 0.6 is 11.6 Å². The van der Waals surface area contributed by atoms with Crippen molar-refractivity contribution in [2.24, 2.45) is 4.99 Å². The molecule has 0 fully saturated rings. The molecular weight excluding hydrogens is 218 g/mol. The predicted molar refractivity (Wildman–Crippen MR) is 55.9 cm³/mol. The predicted octanol–water partition coefficient (Wildman–Crippen LogP) is 1.29. The van der Waals surface area contributed by atoms with Crippen LogP contribution in [0.1, 0.15) is 11.7 Å². The highest BCUT2D eigenvalue weighted by atomic mass is 35.5. The molecule has 0 aliphatic carbocycles. The molecule has 0 aliphatic heterocycles. The van der Waals surface area contributed by atoms with Gasteiger partial charge in [-0.05, 0) is 17.7 Å². The van der Waals surface area contributed by atoms with E-state index in [9.17, 15) is 15.0 Å². The molecule has 1 aromatic rings. The first-order valence-corrected chi connectivity index (χ1v) is 4.82. The van der Waals surface area contributed by atoms with Crippen LogP contribution in [0.2, 0.25) is 0 Å². The molecule has 0 heterocycles. The molecule has 0 spiro atoms. The maximum atomic E-state index is 9.95. The van der Waals surface area contributed by atoms with Gasteiger partial charge in [0, 0.05) is 0 Å². The molecule has 0 amide bonds. The van der Waals surface area contributed by atoms with Crippen molar-refractivity contribution in [1.29, 1.82) is 0 Å². The lowest BCUT2D eigenvalue weighted by Gasteiger charge is -2.15. The maximum Gasteiger partial charge on any atom is 0.240 e. The molecule has 4 nitrogen and oxygen atoms in total. The SMILES string of the molecule is O=C=Nc1ccc(C(O)C(O)CCl)cc1. The summed E-state index contributed by atoms with van der Waals surface area (Å²) in [6.45, 7) is 0. The minimum Gasteiger partial charge on any atom is -0.389 e. The number of benzene rings is 1. The Labute approximate surface area is 91.8 Å². The Balaban J connectivity index is 2.83. The maximum absolute atomic E-state index is 9.95. The molecule has 80 valence electrons. The number of aliphatic imine (C=N–C) groups is 1. The van der Waals surface area contributed by atoms with Gasteiger partial charge in [0.15, 0.2) is 0 Å². The molecule has 0 aliphatic rings. The highest BCUT2D eigenvalue weighted by Crippen LogP contribution is 2.20. The van der Waals surface area contributed by atoms with Crippen molar-refractivity contribution in [2.45, 2.75) is 12.2 Å². The Morgan fingerprint density at radius 3 is 2.40 bits per heavy atom. The van der Waals surface area contributed by atoms with E-state index in [1.165, 1.54) is 6.08 Å². The fourth-order valence-electron chi connectivity index (χ4n) is 1.11. The number of aliphatic hydroxyl groups is 2. The lowest BCUT2D eigenvalue weighted by Crippen LogP contribution is -2.19. The lowest BCUT2D eigenvalue weighted by atomic mass is 10.1. The van der Waals surface area contributed by atoms with Gasteiger partial charge in [-0.25, -0.2) is 4.79 Å². The minimum absolute atomic E-state index is 0.0462. The van der Waals surface area contributed by atoms with Crippen LogP contribution in [0, 0.1) is 0 Å². The van der Waals surface area contributed by atoms with Crippen molar-refractivity contribution in [1.82, 2.24) is 0 Å². The molecule has 2 N–H and O–H groups in total. The first kappa shape index (κ1) is 11.9. The lowest BCUT2D eigenvalue weighted by molar-refractivity contribution is 0.0327. The first-order valence-electron chi connectivity index (χ1n) is 4.29. The Bertz CT molecular complexity index is 359. The van der Waals surface area contributed by atoms with Crippen LogP contribution in [0.3, 0.4) is 0 Å². The molecule has 2 unspecified atom stereocenters. The van der Waals surface area contributed by atoms with E-state index in [0.717, 1.165) is 0 Å². The van der Waals surface area contributed by atoms with Gasteiger partial charge in [-0.3, -0.25) is 0 Å². The van der Waals surface area contributed by atoms with E-state index in [-0.39, 0.29) is 5.88 Å². The molecule has 5 heteroatoms. The number of isocyanates is 1. The summed E-state index contributed by atoms with van der Waals surface area (Å²) in [6, 6.07) is 6.22. The molecule has 0 aromatic heterocycles. The number of alkyl halides is 1. The van der Waals surface area contributed by atoms with Crippen molar-refractivity contribution < 1.29 is 15.0 Å². The Morgan fingerprint density at radius 2 is 1.93 bits per heavy atom. The monoisotopic (exact) mass is 227 g/mol. The van der Waals surface area contributed by atoms with Crippen molar-refractivity contribution in [2.75, 3.05) is 5.88 Å². The molecular formula is C10H10ClNO3. The second kappa shape index (κ2) is 5.63. The number of nitrogens with zero attached hydrogens (tertiary/aromatic N) is 1. The Morgan fingerprint density at radius 1 is 1.33 bits per heavy atom. The van der Waals surface area contributed by atoms with Crippen molar-refractivity contribution in [3.05, 3.63) is 29.8 Å². The Kier molecular flexibility index (Phi) is 4.46. The van der Waals surface area contributed by atoms with Gasteiger partial charge < -0.3 is 10.2 Å². The quantitative estimate of drug-likeness (QED) is 0.463. The molecule has 0 radical (unpaired) electrons. The zero-order valence-corrected chi connectivity index (χ0v) is 8.55. The van der Waals surface area contributed by atoms with Crippen molar-refractivity contribution >= 4 is 23.4 Å². The second-order valence-corrected chi connectivity index (χ2v) is 3.27. The summed E-state index contributed by atoms with van der Waals surface area (Å²) in [5.41, 5.74) is 0.967. The van der Waals surface area contributed by atoms with Gasteiger partial charge in [-0.15, -0.1) is 11.6 Å². The number of hydrogen-bond acceptors (Lipinski definition) is 4. The van der Waals surface area contributed by atoms with E-state index < -0.39 is 12.2 Å². The summed E-state index contributed by atoms with van der Waals surface area (Å²) >= 11 is 5.40. The summed E-state index contributed by atoms with van der Waals surface area (Å²) in [5, 5.41) is 18.9. The summed E-state index contributed by atoms with van der Waals surface area (Å²) in [7, 11) is 0. The molecule has 1 rings (SSSR count). The topological polar surface area (TPSA) is 69.9 Å². The van der Waals surface area contributed by atoms with Crippen LogP contribution in [0.25, 0.3) is 0 Å². The van der Waals surface area contributed by atoms with Gasteiger partial charge >= 0.3 is 0 Å². The normalized spacial score (nSPS) is 14.1. The smallest absolute Gasteiger partial charge is 0.240 e. The number of aliphatic hydroxyl groups excluding tert-OH is 2. The summed E-state index contributed by atoms with van der Waals surface area (Å²) in [6.07, 6.45) is -0.629. The number of halogens is 1. The van der Waals surface area contributed by atoms with Gasteiger partial charge in [0.1, 0.15) is 6.10 Å². The van der Waals surface area contributed by atoms with Crippen LogP contribution < -0.4 is 0 Å². The zero-order chi connectivity index (χ0) is 11.3. The van der Waals surface area contributed by atoms with Crippen LogP contribution in [0.5, 0.6) is 0 Å². The van der Waals surface area contributed by atoms with Gasteiger partial charge in [0.05, 0.1) is 17.7 Å². The zero-order valence-electron chi connectivity index (χ0n) is 7.80. The van der Waals surface area contributed by atoms with Crippen LogP contribution in [-0.4, -0.2) is 28.3 Å². The fourth-order valence-corrected chi connectivity index (χ4v) is 1.27. The first-order chi connectivity index (χ1) is 7.19. The van der Waals surface area contributed by atoms with E-state index in [1.807, 2.05) is 0 Å². The minimum atomic E-state index is -1.03. The highest BCUT2D eigenvalue weighted by Gasteiger charge is 2.16. The average Bonchev–Trinajstić information content (AvgIpc) is 2.28. The van der Waals surface area contributed by atoms with Gasteiger partial charge in [-0.1, -0.05) is 12.1 Å². The number of carbonyl (C=O) groups excluding carboxylic acids is 1. The fraction of sp³-hybridized carbons (Fsp3) is 0.300. The second-order valence-electron chi connectivity index (χ2n) is 2.96. The van der Waals surface area contributed by atoms with Gasteiger partial charge in [-0.2, -0.15) is 4.99 Å². The third-order valence-corrected chi connectivity index (χ3v) is 2.25. The number of rotatable bonds is 4. The number of hydrogen-bond donors (Lipinski definition) is 2. The van der Waals surface area contributed by atoms with Crippen LogP contribution in [0.15, 0.2) is 29.3 Å². The Hall–Kier alpha value is -1.19. The molecule has 0 bridgehead atoms. The molecule has 2 atom stereocenters. The van der Waals surface area contributed by atoms with Crippen molar-refractivity contribution in [3.63, 3.8) is 0 Å². The molecule has 15 heavy (non-hydrogen) atoms. The van der Waals surface area contributed by atoms with E-state index in [0.29, 0.717) is 11.3 Å². The highest BCUT2D eigenvalue weighted by molar-refractivity contribution is 6.18. The molecule has 0 saturated carbocycles. The average molecular weight is 228 g/mol. The molecule has 1 aromatic carbocycles. The summed E-state index contributed by atoms with van der Waals surface area (Å²) < 4.78 is 0. The van der Waals surface area contributed by atoms with E-state index >= 15 is 0 Å². The van der Waals surface area contributed by atoms with Crippen LogP contribution in [0.4, 0.5) is 5.69 Å². The van der Waals surface area contributed by atoms with E-state index in [2.05, 4.69) is 4.99 Å². The third-order valence-electron chi connectivity index (χ3n) is 1.93. The van der Waals surface area contributed by atoms with Crippen LogP contribution in [-0.2, 0) is 4.79 Å². The largest absolute Gasteiger partial charge is 0.389 e. The van der Waals surface area contributed by atoms with Gasteiger partial charge in [0.25, 0.3) is 0 Å².